The molecule has 0 radical (unpaired) electrons. The van der Waals surface area contributed by atoms with Crippen LogP contribution < -0.4 is 0 Å². The van der Waals surface area contributed by atoms with Crippen molar-refractivity contribution in [3.63, 3.8) is 0 Å². The molecule has 0 saturated carbocycles. The minimum absolute atomic E-state index is 0.0976. The second-order valence-corrected chi connectivity index (χ2v) is 7.79. The lowest BCUT2D eigenvalue weighted by Crippen LogP contribution is -2.41. The number of aromatic nitrogens is 6. The largest absolute Gasteiger partial charge is 0.350 e. The Bertz CT molecular complexity index is 1220. The molecule has 1 aliphatic heterocycles. The summed E-state index contributed by atoms with van der Waals surface area (Å²) in [5.41, 5.74) is 3.14. The Morgan fingerprint density at radius 3 is 2.79 bits per heavy atom. The summed E-state index contributed by atoms with van der Waals surface area (Å²) in [7, 11) is 3.90. The van der Waals surface area contributed by atoms with Crippen molar-refractivity contribution in [1.82, 2.24) is 34.0 Å². The zero-order valence-corrected chi connectivity index (χ0v) is 16.8. The number of rotatable bonds is 3. The van der Waals surface area contributed by atoms with E-state index in [4.69, 9.17) is 0 Å². The minimum Gasteiger partial charge on any atom is -0.350 e. The van der Waals surface area contributed by atoms with Crippen molar-refractivity contribution in [3.8, 4) is 11.4 Å². The molecule has 0 spiro atoms. The molecular weight excluding hydrogens is 366 g/mol. The number of hydrogen-bond acceptors (Lipinski definition) is 4. The summed E-state index contributed by atoms with van der Waals surface area (Å²) in [6, 6.07) is 8.29. The van der Waals surface area contributed by atoms with Gasteiger partial charge in [0.05, 0.1) is 30.8 Å². The maximum absolute atomic E-state index is 13.1. The van der Waals surface area contributed by atoms with Gasteiger partial charge in [0.1, 0.15) is 0 Å². The van der Waals surface area contributed by atoms with Crippen molar-refractivity contribution in [2.24, 2.45) is 14.1 Å². The van der Waals surface area contributed by atoms with Gasteiger partial charge in [0.25, 0.3) is 0 Å². The van der Waals surface area contributed by atoms with E-state index in [9.17, 15) is 4.79 Å². The van der Waals surface area contributed by atoms with Gasteiger partial charge in [0.2, 0.25) is 5.91 Å². The van der Waals surface area contributed by atoms with Crippen LogP contribution in [0.1, 0.15) is 24.4 Å². The number of fused-ring (bicyclic) bond motifs is 2. The zero-order chi connectivity index (χ0) is 20.1. The first kappa shape index (κ1) is 17.7. The zero-order valence-electron chi connectivity index (χ0n) is 16.8. The highest BCUT2D eigenvalue weighted by atomic mass is 16.2. The lowest BCUT2D eigenvalue weighted by atomic mass is 10.1. The van der Waals surface area contributed by atoms with E-state index in [1.807, 2.05) is 37.3 Å². The lowest BCUT2D eigenvalue weighted by Gasteiger charge is -2.32. The average molecular weight is 389 g/mol. The quantitative estimate of drug-likeness (QED) is 0.539. The molecule has 1 aliphatic rings. The van der Waals surface area contributed by atoms with Crippen LogP contribution in [-0.2, 0) is 31.9 Å². The van der Waals surface area contributed by atoms with Crippen molar-refractivity contribution in [1.29, 1.82) is 0 Å². The molecule has 8 nitrogen and oxygen atoms in total. The Hall–Kier alpha value is -3.42. The van der Waals surface area contributed by atoms with Gasteiger partial charge in [0, 0.05) is 43.9 Å². The van der Waals surface area contributed by atoms with Gasteiger partial charge < -0.3 is 14.0 Å². The van der Waals surface area contributed by atoms with Crippen LogP contribution in [0.25, 0.3) is 22.3 Å². The second kappa shape index (κ2) is 6.58. The number of carbonyl (C=O) groups excluding carboxylic acids is 1. The van der Waals surface area contributed by atoms with Gasteiger partial charge in [-0.05, 0) is 18.6 Å². The van der Waals surface area contributed by atoms with E-state index in [0.717, 1.165) is 33.7 Å². The molecule has 1 aromatic carbocycles. The summed E-state index contributed by atoms with van der Waals surface area (Å²) in [6.07, 6.45) is 6.17. The van der Waals surface area contributed by atoms with Crippen molar-refractivity contribution >= 4 is 16.8 Å². The summed E-state index contributed by atoms with van der Waals surface area (Å²) < 4.78 is 5.96. The average Bonchev–Trinajstić information content (AvgIpc) is 3.40. The van der Waals surface area contributed by atoms with E-state index in [-0.39, 0.29) is 11.9 Å². The SMILES string of the molecule is C[C@H]1CN(C(=O)Cc2cn(C)c3ccccc23)Cc2nnc(-c3cnn(C)c3)n21. The fourth-order valence-electron chi connectivity index (χ4n) is 4.30. The summed E-state index contributed by atoms with van der Waals surface area (Å²) >= 11 is 0. The monoisotopic (exact) mass is 389 g/mol. The number of para-hydroxylation sites is 1. The molecule has 1 amide bonds. The first-order valence-corrected chi connectivity index (χ1v) is 9.75. The van der Waals surface area contributed by atoms with Gasteiger partial charge >= 0.3 is 0 Å². The molecule has 0 aliphatic carbocycles. The van der Waals surface area contributed by atoms with Gasteiger partial charge in [-0.3, -0.25) is 9.48 Å². The number of nitrogens with zero attached hydrogens (tertiary/aromatic N) is 7. The van der Waals surface area contributed by atoms with Crippen molar-refractivity contribution in [3.05, 3.63) is 54.2 Å². The topological polar surface area (TPSA) is 73.8 Å². The molecule has 148 valence electrons. The maximum Gasteiger partial charge on any atom is 0.227 e. The molecule has 0 saturated heterocycles. The fraction of sp³-hybridized carbons (Fsp3) is 0.333. The van der Waals surface area contributed by atoms with Gasteiger partial charge in [0.15, 0.2) is 11.6 Å². The molecule has 8 heteroatoms. The Morgan fingerprint density at radius 2 is 2.00 bits per heavy atom. The van der Waals surface area contributed by atoms with E-state index in [1.54, 1.807) is 10.9 Å². The molecule has 3 aromatic heterocycles. The predicted molar refractivity (Wildman–Crippen MR) is 109 cm³/mol. The Morgan fingerprint density at radius 1 is 1.17 bits per heavy atom. The van der Waals surface area contributed by atoms with Crippen LogP contribution in [0.3, 0.4) is 0 Å². The molecule has 0 unspecified atom stereocenters. The number of carbonyl (C=O) groups is 1. The first-order chi connectivity index (χ1) is 14.0. The number of aryl methyl sites for hydroxylation is 2. The fourth-order valence-corrected chi connectivity index (χ4v) is 4.30. The van der Waals surface area contributed by atoms with Crippen LogP contribution in [0.5, 0.6) is 0 Å². The van der Waals surface area contributed by atoms with E-state index >= 15 is 0 Å². The molecule has 29 heavy (non-hydrogen) atoms. The summed E-state index contributed by atoms with van der Waals surface area (Å²) in [5.74, 6) is 1.74. The maximum atomic E-state index is 13.1. The smallest absolute Gasteiger partial charge is 0.227 e. The highest BCUT2D eigenvalue weighted by molar-refractivity contribution is 5.89. The normalized spacial score (nSPS) is 16.4. The number of benzene rings is 1. The summed E-state index contributed by atoms with van der Waals surface area (Å²) in [4.78, 5) is 15.0. The summed E-state index contributed by atoms with van der Waals surface area (Å²) in [6.45, 7) is 3.22. The highest BCUT2D eigenvalue weighted by Crippen LogP contribution is 2.28. The van der Waals surface area contributed by atoms with Crippen molar-refractivity contribution in [2.45, 2.75) is 25.9 Å². The second-order valence-electron chi connectivity index (χ2n) is 7.79. The van der Waals surface area contributed by atoms with E-state index in [2.05, 4.69) is 49.7 Å². The molecule has 5 rings (SSSR count). The lowest BCUT2D eigenvalue weighted by molar-refractivity contribution is -0.132. The van der Waals surface area contributed by atoms with Crippen LogP contribution in [-0.4, -0.2) is 46.5 Å². The molecule has 4 heterocycles. The standard InChI is InChI=1S/C21H23N7O/c1-14-10-27(13-19-23-24-21(28(14)19)16-9-22-26(3)12-16)20(29)8-15-11-25(2)18-7-5-4-6-17(15)18/h4-7,9,11-12,14H,8,10,13H2,1-3H3/t14-/m0/s1. The summed E-state index contributed by atoms with van der Waals surface area (Å²) in [5, 5.41) is 14.1. The van der Waals surface area contributed by atoms with Crippen molar-refractivity contribution < 1.29 is 4.79 Å². The van der Waals surface area contributed by atoms with Crippen LogP contribution in [0.4, 0.5) is 0 Å². The van der Waals surface area contributed by atoms with Crippen LogP contribution >= 0.6 is 0 Å². The van der Waals surface area contributed by atoms with Crippen LogP contribution in [0, 0.1) is 0 Å². The third-order valence-corrected chi connectivity index (χ3v) is 5.66. The Labute approximate surface area is 168 Å². The first-order valence-electron chi connectivity index (χ1n) is 9.75. The third-order valence-electron chi connectivity index (χ3n) is 5.66. The van der Waals surface area contributed by atoms with Crippen LogP contribution in [0.15, 0.2) is 42.9 Å². The highest BCUT2D eigenvalue weighted by Gasteiger charge is 2.30. The van der Waals surface area contributed by atoms with Gasteiger partial charge in [-0.15, -0.1) is 10.2 Å². The van der Waals surface area contributed by atoms with Gasteiger partial charge in [-0.1, -0.05) is 18.2 Å². The molecule has 0 N–H and O–H groups in total. The molecule has 1 atom stereocenters. The molecule has 4 aromatic rings. The van der Waals surface area contributed by atoms with E-state index in [1.165, 1.54) is 0 Å². The Kier molecular flexibility index (Phi) is 4.01. The van der Waals surface area contributed by atoms with Crippen LogP contribution in [0.2, 0.25) is 0 Å². The minimum atomic E-state index is 0.0976. The third kappa shape index (κ3) is 2.91. The van der Waals surface area contributed by atoms with Crippen molar-refractivity contribution in [2.75, 3.05) is 6.54 Å². The predicted octanol–water partition coefficient (Wildman–Crippen LogP) is 2.32. The van der Waals surface area contributed by atoms with E-state index in [0.29, 0.717) is 19.5 Å². The molecule has 0 fully saturated rings. The van der Waals surface area contributed by atoms with Gasteiger partial charge in [-0.2, -0.15) is 5.10 Å². The number of hydrogen-bond donors (Lipinski definition) is 0. The molecule has 0 bridgehead atoms. The number of amides is 1. The molecular formula is C21H23N7O. The Balaban J connectivity index is 1.40. The van der Waals surface area contributed by atoms with E-state index < -0.39 is 0 Å². The van der Waals surface area contributed by atoms with Gasteiger partial charge in [-0.25, -0.2) is 0 Å².